The maximum Gasteiger partial charge on any atom is 0.255 e. The summed E-state index contributed by atoms with van der Waals surface area (Å²) in [5.74, 6) is 0.362. The standard InChI is InChI=1S/C19H23N3O2/c1-13(2)10-22-11-15-5-4-6-17(16(15)12-22)20-19(24)14-7-8-21(3)18(23)9-14/h4-9,13H,10-12H2,1-3H3,(H,20,24). The van der Waals surface area contributed by atoms with Crippen LogP contribution in [0.5, 0.6) is 0 Å². The van der Waals surface area contributed by atoms with Crippen molar-refractivity contribution in [3.63, 3.8) is 0 Å². The van der Waals surface area contributed by atoms with Crippen LogP contribution >= 0.6 is 0 Å². The van der Waals surface area contributed by atoms with E-state index in [4.69, 9.17) is 0 Å². The summed E-state index contributed by atoms with van der Waals surface area (Å²) in [6.45, 7) is 7.23. The second-order valence-corrected chi connectivity index (χ2v) is 6.83. The summed E-state index contributed by atoms with van der Waals surface area (Å²) in [5.41, 5.74) is 3.47. The van der Waals surface area contributed by atoms with E-state index in [2.05, 4.69) is 30.1 Å². The molecule has 0 bridgehead atoms. The Kier molecular flexibility index (Phi) is 4.53. The normalized spacial score (nSPS) is 14.0. The molecular formula is C19H23N3O2. The Hall–Kier alpha value is -2.40. The van der Waals surface area contributed by atoms with E-state index in [1.807, 2.05) is 12.1 Å². The van der Waals surface area contributed by atoms with Crippen LogP contribution in [0.2, 0.25) is 0 Å². The minimum Gasteiger partial charge on any atom is -0.322 e. The summed E-state index contributed by atoms with van der Waals surface area (Å²) >= 11 is 0. The molecule has 0 aliphatic carbocycles. The van der Waals surface area contributed by atoms with E-state index in [0.717, 1.165) is 25.3 Å². The van der Waals surface area contributed by atoms with Crippen LogP contribution in [0, 0.1) is 5.92 Å². The van der Waals surface area contributed by atoms with Crippen LogP contribution < -0.4 is 10.9 Å². The van der Waals surface area contributed by atoms with Crippen LogP contribution in [0.1, 0.15) is 35.3 Å². The number of fused-ring (bicyclic) bond motifs is 1. The lowest BCUT2D eigenvalue weighted by molar-refractivity contribution is 0.102. The monoisotopic (exact) mass is 325 g/mol. The van der Waals surface area contributed by atoms with Gasteiger partial charge in [-0.15, -0.1) is 0 Å². The number of aryl methyl sites for hydroxylation is 1. The summed E-state index contributed by atoms with van der Waals surface area (Å²) in [7, 11) is 1.66. The summed E-state index contributed by atoms with van der Waals surface area (Å²) in [6.07, 6.45) is 1.61. The van der Waals surface area contributed by atoms with Gasteiger partial charge in [-0.25, -0.2) is 0 Å². The zero-order valence-corrected chi connectivity index (χ0v) is 14.4. The van der Waals surface area contributed by atoms with Crippen molar-refractivity contribution in [2.24, 2.45) is 13.0 Å². The van der Waals surface area contributed by atoms with Crippen LogP contribution in [-0.4, -0.2) is 21.9 Å². The highest BCUT2D eigenvalue weighted by Gasteiger charge is 2.22. The third kappa shape index (κ3) is 3.41. The molecule has 1 amide bonds. The van der Waals surface area contributed by atoms with Crippen LogP contribution in [-0.2, 0) is 20.1 Å². The number of rotatable bonds is 4. The molecule has 1 N–H and O–H groups in total. The molecule has 1 aliphatic heterocycles. The lowest BCUT2D eigenvalue weighted by atomic mass is 10.1. The molecule has 5 heteroatoms. The van der Waals surface area contributed by atoms with Crippen molar-refractivity contribution in [1.29, 1.82) is 0 Å². The summed E-state index contributed by atoms with van der Waals surface area (Å²) in [6, 6.07) is 9.03. The van der Waals surface area contributed by atoms with Crippen molar-refractivity contribution in [2.45, 2.75) is 26.9 Å². The van der Waals surface area contributed by atoms with Gasteiger partial charge in [0.05, 0.1) is 0 Å². The van der Waals surface area contributed by atoms with E-state index < -0.39 is 0 Å². The molecule has 0 spiro atoms. The predicted molar refractivity (Wildman–Crippen MR) is 95.0 cm³/mol. The largest absolute Gasteiger partial charge is 0.322 e. The second kappa shape index (κ2) is 6.61. The minimum absolute atomic E-state index is 0.191. The quantitative estimate of drug-likeness (QED) is 0.940. The average molecular weight is 325 g/mol. The van der Waals surface area contributed by atoms with E-state index in [-0.39, 0.29) is 11.5 Å². The molecule has 24 heavy (non-hydrogen) atoms. The molecule has 1 aromatic heterocycles. The number of anilines is 1. The molecule has 5 nitrogen and oxygen atoms in total. The molecule has 0 saturated carbocycles. The molecule has 0 unspecified atom stereocenters. The smallest absolute Gasteiger partial charge is 0.255 e. The van der Waals surface area contributed by atoms with Crippen LogP contribution in [0.15, 0.2) is 41.3 Å². The van der Waals surface area contributed by atoms with Gasteiger partial charge < -0.3 is 9.88 Å². The molecule has 0 radical (unpaired) electrons. The molecule has 2 heterocycles. The SMILES string of the molecule is CC(C)CN1Cc2cccc(NC(=O)c3ccn(C)c(=O)c3)c2C1. The summed E-state index contributed by atoms with van der Waals surface area (Å²) < 4.78 is 1.45. The van der Waals surface area contributed by atoms with E-state index in [0.29, 0.717) is 11.5 Å². The Morgan fingerprint density at radius 1 is 1.25 bits per heavy atom. The zero-order chi connectivity index (χ0) is 17.3. The van der Waals surface area contributed by atoms with Crippen molar-refractivity contribution in [3.05, 3.63) is 63.6 Å². The Bertz CT molecular complexity index is 824. The molecular weight excluding hydrogens is 302 g/mol. The molecule has 0 saturated heterocycles. The Labute approximate surface area is 141 Å². The average Bonchev–Trinajstić information content (AvgIpc) is 2.92. The van der Waals surface area contributed by atoms with E-state index >= 15 is 0 Å². The fourth-order valence-corrected chi connectivity index (χ4v) is 3.14. The van der Waals surface area contributed by atoms with Crippen molar-refractivity contribution >= 4 is 11.6 Å². The molecule has 0 atom stereocenters. The number of benzene rings is 1. The van der Waals surface area contributed by atoms with Crippen molar-refractivity contribution < 1.29 is 4.79 Å². The predicted octanol–water partition coefficient (Wildman–Crippen LogP) is 2.61. The van der Waals surface area contributed by atoms with Gasteiger partial charge in [0, 0.05) is 50.2 Å². The molecule has 1 aliphatic rings. The number of aromatic nitrogens is 1. The number of amides is 1. The van der Waals surface area contributed by atoms with Crippen molar-refractivity contribution in [3.8, 4) is 0 Å². The van der Waals surface area contributed by atoms with Crippen LogP contribution in [0.25, 0.3) is 0 Å². The molecule has 1 aromatic carbocycles. The minimum atomic E-state index is -0.247. The Morgan fingerprint density at radius 3 is 2.75 bits per heavy atom. The van der Waals surface area contributed by atoms with Gasteiger partial charge in [-0.2, -0.15) is 0 Å². The Balaban J connectivity index is 1.80. The number of carbonyl (C=O) groups is 1. The lowest BCUT2D eigenvalue weighted by Crippen LogP contribution is -2.22. The first kappa shape index (κ1) is 16.5. The first-order valence-electron chi connectivity index (χ1n) is 8.25. The first-order chi connectivity index (χ1) is 11.4. The topological polar surface area (TPSA) is 54.3 Å². The number of nitrogens with one attached hydrogen (secondary N) is 1. The second-order valence-electron chi connectivity index (χ2n) is 6.83. The van der Waals surface area contributed by atoms with Gasteiger partial charge in [-0.3, -0.25) is 14.5 Å². The summed E-state index contributed by atoms with van der Waals surface area (Å²) in [4.78, 5) is 26.6. The first-order valence-corrected chi connectivity index (χ1v) is 8.25. The van der Waals surface area contributed by atoms with Crippen LogP contribution in [0.3, 0.4) is 0 Å². The highest BCUT2D eigenvalue weighted by molar-refractivity contribution is 6.04. The maximum atomic E-state index is 12.5. The Morgan fingerprint density at radius 2 is 2.04 bits per heavy atom. The van der Waals surface area contributed by atoms with E-state index in [1.165, 1.54) is 21.8 Å². The van der Waals surface area contributed by atoms with Gasteiger partial charge in [0.25, 0.3) is 11.5 Å². The highest BCUT2D eigenvalue weighted by atomic mass is 16.2. The van der Waals surface area contributed by atoms with Crippen molar-refractivity contribution in [1.82, 2.24) is 9.47 Å². The van der Waals surface area contributed by atoms with E-state index in [1.54, 1.807) is 19.3 Å². The lowest BCUT2D eigenvalue weighted by Gasteiger charge is -2.17. The summed E-state index contributed by atoms with van der Waals surface area (Å²) in [5, 5.41) is 2.97. The van der Waals surface area contributed by atoms with Gasteiger partial charge in [0.15, 0.2) is 0 Å². The van der Waals surface area contributed by atoms with Crippen LogP contribution in [0.4, 0.5) is 5.69 Å². The number of hydrogen-bond donors (Lipinski definition) is 1. The van der Waals surface area contributed by atoms with Gasteiger partial charge in [-0.05, 0) is 29.2 Å². The number of carbonyl (C=O) groups excluding carboxylic acids is 1. The van der Waals surface area contributed by atoms with Crippen molar-refractivity contribution in [2.75, 3.05) is 11.9 Å². The van der Waals surface area contributed by atoms with Gasteiger partial charge in [0.1, 0.15) is 0 Å². The fourth-order valence-electron chi connectivity index (χ4n) is 3.14. The van der Waals surface area contributed by atoms with Gasteiger partial charge in [0.2, 0.25) is 0 Å². The third-order valence-corrected chi connectivity index (χ3v) is 4.29. The number of pyridine rings is 1. The van der Waals surface area contributed by atoms with E-state index in [9.17, 15) is 9.59 Å². The van der Waals surface area contributed by atoms with Gasteiger partial charge >= 0.3 is 0 Å². The maximum absolute atomic E-state index is 12.5. The van der Waals surface area contributed by atoms with Gasteiger partial charge in [-0.1, -0.05) is 26.0 Å². The fraction of sp³-hybridized carbons (Fsp3) is 0.368. The highest BCUT2D eigenvalue weighted by Crippen LogP contribution is 2.30. The molecule has 2 aromatic rings. The molecule has 3 rings (SSSR count). The number of nitrogens with zero attached hydrogens (tertiary/aromatic N) is 2. The zero-order valence-electron chi connectivity index (χ0n) is 14.4. The molecule has 126 valence electrons. The molecule has 0 fully saturated rings. The number of hydrogen-bond acceptors (Lipinski definition) is 3. The third-order valence-electron chi connectivity index (χ3n) is 4.29.